The number of rotatable bonds is 1. The predicted molar refractivity (Wildman–Crippen MR) is 56.7 cm³/mol. The van der Waals surface area contributed by atoms with Gasteiger partial charge in [-0.3, -0.25) is 3.53 Å². The van der Waals surface area contributed by atoms with Crippen molar-refractivity contribution in [3.8, 4) is 0 Å². The maximum atomic E-state index is 5.02. The van der Waals surface area contributed by atoms with Crippen LogP contribution in [0, 0.1) is 4.64 Å². The second kappa shape index (κ2) is 2.98. The molecule has 0 aliphatic heterocycles. The maximum Gasteiger partial charge on any atom is 0.212 e. The van der Waals surface area contributed by atoms with Crippen LogP contribution in [0.1, 0.15) is 0 Å². The van der Waals surface area contributed by atoms with Crippen molar-refractivity contribution in [1.29, 1.82) is 0 Å². The Kier molecular flexibility index (Phi) is 1.97. The quantitative estimate of drug-likeness (QED) is 0.426. The summed E-state index contributed by atoms with van der Waals surface area (Å²) in [5, 5.41) is 0. The SMILES string of the molecule is S=c1nc(NI)[nH]c2nc[nH]c12. The molecule has 2 heterocycles. The molecule has 0 atom stereocenters. The number of hydrogen-bond donors (Lipinski definition) is 3. The first-order chi connectivity index (χ1) is 5.81. The van der Waals surface area contributed by atoms with Crippen molar-refractivity contribution < 1.29 is 0 Å². The molecule has 0 spiro atoms. The molecule has 12 heavy (non-hydrogen) atoms. The van der Waals surface area contributed by atoms with Crippen LogP contribution in [0.2, 0.25) is 0 Å². The van der Waals surface area contributed by atoms with Crippen molar-refractivity contribution in [2.45, 2.75) is 0 Å². The van der Waals surface area contributed by atoms with Gasteiger partial charge in [0.1, 0.15) is 5.52 Å². The fraction of sp³-hybridized carbons (Fsp3) is 0. The molecule has 0 aliphatic carbocycles. The lowest BCUT2D eigenvalue weighted by atomic mass is 10.6. The number of aromatic nitrogens is 4. The van der Waals surface area contributed by atoms with Crippen LogP contribution in [0.5, 0.6) is 0 Å². The number of nitrogens with zero attached hydrogens (tertiary/aromatic N) is 2. The Morgan fingerprint density at radius 2 is 2.42 bits per heavy atom. The van der Waals surface area contributed by atoms with Crippen LogP contribution in [0.4, 0.5) is 5.95 Å². The zero-order chi connectivity index (χ0) is 8.55. The minimum Gasteiger partial charge on any atom is -0.341 e. The monoisotopic (exact) mass is 293 g/mol. The average Bonchev–Trinajstić information content (AvgIpc) is 2.52. The molecule has 5 nitrogen and oxygen atoms in total. The van der Waals surface area contributed by atoms with E-state index in [1.807, 2.05) is 22.9 Å². The van der Waals surface area contributed by atoms with E-state index in [2.05, 4.69) is 23.5 Å². The van der Waals surface area contributed by atoms with E-state index >= 15 is 0 Å². The van der Waals surface area contributed by atoms with Gasteiger partial charge in [0.25, 0.3) is 0 Å². The van der Waals surface area contributed by atoms with Crippen LogP contribution in [0.3, 0.4) is 0 Å². The molecule has 0 radical (unpaired) electrons. The molecule has 62 valence electrons. The Balaban J connectivity index is 2.84. The fourth-order valence-corrected chi connectivity index (χ4v) is 1.40. The summed E-state index contributed by atoms with van der Waals surface area (Å²) in [6.07, 6.45) is 1.58. The molecular formula is C5H4IN5S. The first-order valence-electron chi connectivity index (χ1n) is 3.11. The largest absolute Gasteiger partial charge is 0.341 e. The highest BCUT2D eigenvalue weighted by Crippen LogP contribution is 2.10. The molecule has 0 aromatic carbocycles. The van der Waals surface area contributed by atoms with Crippen LogP contribution in [0.15, 0.2) is 6.33 Å². The molecular weight excluding hydrogens is 289 g/mol. The van der Waals surface area contributed by atoms with Crippen molar-refractivity contribution in [2.75, 3.05) is 3.53 Å². The summed E-state index contributed by atoms with van der Waals surface area (Å²) in [5.74, 6) is 0.611. The Labute approximate surface area is 86.5 Å². The molecule has 0 aliphatic rings. The van der Waals surface area contributed by atoms with Gasteiger partial charge in [0.2, 0.25) is 5.95 Å². The molecule has 2 aromatic rings. The number of H-pyrrole nitrogens is 2. The van der Waals surface area contributed by atoms with E-state index in [0.717, 1.165) is 5.52 Å². The third-order valence-corrected chi connectivity index (χ3v) is 2.20. The lowest BCUT2D eigenvalue weighted by Crippen LogP contribution is -1.91. The van der Waals surface area contributed by atoms with Gasteiger partial charge in [-0.05, 0) is 0 Å². The van der Waals surface area contributed by atoms with Crippen molar-refractivity contribution >= 4 is 52.2 Å². The van der Waals surface area contributed by atoms with Gasteiger partial charge >= 0.3 is 0 Å². The molecule has 0 unspecified atom stereocenters. The second-order valence-electron chi connectivity index (χ2n) is 2.11. The van der Waals surface area contributed by atoms with Gasteiger partial charge < -0.3 is 9.97 Å². The van der Waals surface area contributed by atoms with Gasteiger partial charge in [0, 0.05) is 0 Å². The first kappa shape index (κ1) is 7.92. The molecule has 2 rings (SSSR count). The van der Waals surface area contributed by atoms with Crippen LogP contribution in [-0.4, -0.2) is 19.9 Å². The zero-order valence-corrected chi connectivity index (χ0v) is 8.73. The van der Waals surface area contributed by atoms with Crippen LogP contribution < -0.4 is 3.53 Å². The second-order valence-corrected chi connectivity index (χ2v) is 3.04. The highest BCUT2D eigenvalue weighted by molar-refractivity contribution is 14.1. The Bertz CT molecular complexity index is 460. The summed E-state index contributed by atoms with van der Waals surface area (Å²) in [6.45, 7) is 0. The molecule has 0 bridgehead atoms. The van der Waals surface area contributed by atoms with Crippen molar-refractivity contribution in [3.05, 3.63) is 11.0 Å². The van der Waals surface area contributed by atoms with E-state index in [1.54, 1.807) is 6.33 Å². The third-order valence-electron chi connectivity index (χ3n) is 1.39. The minimum atomic E-state index is 0.514. The predicted octanol–water partition coefficient (Wildman–Crippen LogP) is 1.78. The van der Waals surface area contributed by atoms with Gasteiger partial charge in [0.05, 0.1) is 29.2 Å². The molecule has 0 fully saturated rings. The highest BCUT2D eigenvalue weighted by atomic mass is 127. The molecule has 7 heteroatoms. The van der Waals surface area contributed by atoms with Crippen LogP contribution in [-0.2, 0) is 0 Å². The molecule has 0 saturated carbocycles. The van der Waals surface area contributed by atoms with Gasteiger partial charge in [-0.2, -0.15) is 0 Å². The molecule has 3 N–H and O–H groups in total. The van der Waals surface area contributed by atoms with Crippen molar-refractivity contribution in [2.24, 2.45) is 0 Å². The highest BCUT2D eigenvalue weighted by Gasteiger charge is 2.00. The Morgan fingerprint density at radius 3 is 3.17 bits per heavy atom. The van der Waals surface area contributed by atoms with Crippen LogP contribution in [0.25, 0.3) is 11.2 Å². The zero-order valence-electron chi connectivity index (χ0n) is 5.76. The Morgan fingerprint density at radius 1 is 1.58 bits per heavy atom. The van der Waals surface area contributed by atoms with Crippen molar-refractivity contribution in [1.82, 2.24) is 19.9 Å². The van der Waals surface area contributed by atoms with E-state index in [0.29, 0.717) is 16.2 Å². The van der Waals surface area contributed by atoms with E-state index in [9.17, 15) is 0 Å². The number of aromatic amines is 2. The van der Waals surface area contributed by atoms with Gasteiger partial charge in [-0.15, -0.1) is 0 Å². The summed E-state index contributed by atoms with van der Waals surface area (Å²) < 4.78 is 3.35. The first-order valence-corrected chi connectivity index (χ1v) is 4.60. The fourth-order valence-electron chi connectivity index (χ4n) is 0.894. The van der Waals surface area contributed by atoms with Gasteiger partial charge in [-0.25, -0.2) is 9.97 Å². The third kappa shape index (κ3) is 1.18. The number of imidazole rings is 1. The lowest BCUT2D eigenvalue weighted by molar-refractivity contribution is 1.21. The number of halogens is 1. The summed E-state index contributed by atoms with van der Waals surface area (Å²) in [5.41, 5.74) is 1.48. The number of hydrogen-bond acceptors (Lipinski definition) is 4. The van der Waals surface area contributed by atoms with Crippen LogP contribution >= 0.6 is 35.1 Å². The molecule has 2 aromatic heterocycles. The van der Waals surface area contributed by atoms with Gasteiger partial charge in [-0.1, -0.05) is 12.2 Å². The standard InChI is InChI=1S/C5H4IN5S/c6-11-5-9-3-2(4(12)10-5)7-1-8-3/h1H,(H3,7,8,9,10,11,12). The number of fused-ring (bicyclic) bond motifs is 1. The smallest absolute Gasteiger partial charge is 0.212 e. The maximum absolute atomic E-state index is 5.02. The van der Waals surface area contributed by atoms with Crippen molar-refractivity contribution in [3.63, 3.8) is 0 Å². The van der Waals surface area contributed by atoms with E-state index in [1.165, 1.54) is 0 Å². The number of nitrogens with one attached hydrogen (secondary N) is 3. The van der Waals surface area contributed by atoms with Gasteiger partial charge in [0.15, 0.2) is 10.3 Å². The summed E-state index contributed by atoms with van der Waals surface area (Å²) in [7, 11) is 0. The van der Waals surface area contributed by atoms with E-state index < -0.39 is 0 Å². The molecule has 0 amide bonds. The summed E-state index contributed by atoms with van der Waals surface area (Å²) in [4.78, 5) is 13.9. The molecule has 0 saturated heterocycles. The average molecular weight is 293 g/mol. The summed E-state index contributed by atoms with van der Waals surface area (Å²) >= 11 is 6.99. The topological polar surface area (TPSA) is 69.4 Å². The Hall–Kier alpha value is -0.700. The minimum absolute atomic E-state index is 0.514. The number of anilines is 1. The normalized spacial score (nSPS) is 10.4. The summed E-state index contributed by atoms with van der Waals surface area (Å²) in [6, 6.07) is 0. The van der Waals surface area contributed by atoms with E-state index in [4.69, 9.17) is 12.2 Å². The lowest BCUT2D eigenvalue weighted by Gasteiger charge is -1.95. The van der Waals surface area contributed by atoms with E-state index in [-0.39, 0.29) is 0 Å².